The molecule has 7 heteroatoms. The van der Waals surface area contributed by atoms with E-state index in [1.807, 2.05) is 49.3 Å². The number of benzene rings is 1. The summed E-state index contributed by atoms with van der Waals surface area (Å²) in [5.74, 6) is 3.83. The van der Waals surface area contributed by atoms with E-state index in [2.05, 4.69) is 16.7 Å². The number of hydrogen-bond donors (Lipinski definition) is 3. The summed E-state index contributed by atoms with van der Waals surface area (Å²) < 4.78 is 5.52. The van der Waals surface area contributed by atoms with Crippen LogP contribution in [0.4, 0.5) is 11.8 Å². The lowest BCUT2D eigenvalue weighted by atomic mass is 9.86. The molecule has 1 saturated carbocycles. The number of nitrogens with zero attached hydrogens (tertiary/aromatic N) is 3. The molecule has 0 amide bonds. The fourth-order valence-corrected chi connectivity index (χ4v) is 4.16. The van der Waals surface area contributed by atoms with Crippen LogP contribution in [0.15, 0.2) is 40.8 Å². The largest absolute Gasteiger partial charge is 0.462 e. The monoisotopic (exact) mass is 409 g/mol. The average molecular weight is 410 g/mol. The normalized spacial score (nSPS) is 19.2. The minimum Gasteiger partial charge on any atom is -0.462 e. The Bertz CT molecular complexity index is 963. The molecular formula is C23H31N5O2. The zero-order valence-electron chi connectivity index (χ0n) is 17.8. The van der Waals surface area contributed by atoms with Crippen LogP contribution in [0.1, 0.15) is 37.2 Å². The van der Waals surface area contributed by atoms with Gasteiger partial charge in [0.05, 0.1) is 12.1 Å². The van der Waals surface area contributed by atoms with Gasteiger partial charge in [-0.2, -0.15) is 4.98 Å². The third kappa shape index (κ3) is 4.91. The molecule has 3 aromatic rings. The molecule has 2 heterocycles. The predicted octanol–water partition coefficient (Wildman–Crippen LogP) is 3.54. The van der Waals surface area contributed by atoms with Crippen molar-refractivity contribution >= 4 is 22.7 Å². The van der Waals surface area contributed by atoms with E-state index in [1.165, 1.54) is 12.8 Å². The van der Waals surface area contributed by atoms with Crippen molar-refractivity contribution in [3.63, 3.8) is 0 Å². The van der Waals surface area contributed by atoms with Crippen LogP contribution in [0.25, 0.3) is 10.9 Å². The van der Waals surface area contributed by atoms with Gasteiger partial charge in [-0.25, -0.2) is 4.98 Å². The van der Waals surface area contributed by atoms with Crippen molar-refractivity contribution in [2.24, 2.45) is 5.92 Å². The molecule has 0 unspecified atom stereocenters. The molecule has 0 radical (unpaired) electrons. The van der Waals surface area contributed by atoms with E-state index < -0.39 is 0 Å². The Morgan fingerprint density at radius 2 is 1.80 bits per heavy atom. The smallest absolute Gasteiger partial charge is 0.225 e. The van der Waals surface area contributed by atoms with E-state index in [0.717, 1.165) is 47.8 Å². The first kappa shape index (κ1) is 20.6. The highest BCUT2D eigenvalue weighted by atomic mass is 16.4. The highest BCUT2D eigenvalue weighted by Gasteiger charge is 2.22. The molecule has 2 aromatic heterocycles. The van der Waals surface area contributed by atoms with Gasteiger partial charge >= 0.3 is 0 Å². The summed E-state index contributed by atoms with van der Waals surface area (Å²) in [4.78, 5) is 11.5. The lowest BCUT2D eigenvalue weighted by Gasteiger charge is -2.29. The number of hydrogen-bond acceptors (Lipinski definition) is 7. The summed E-state index contributed by atoms with van der Waals surface area (Å²) in [5.41, 5.74) is 0.971. The van der Waals surface area contributed by atoms with Crippen LogP contribution < -0.4 is 15.5 Å². The summed E-state index contributed by atoms with van der Waals surface area (Å²) in [6.07, 6.45) is 4.60. The van der Waals surface area contributed by atoms with Crippen molar-refractivity contribution in [2.75, 3.05) is 30.9 Å². The van der Waals surface area contributed by atoms with Crippen molar-refractivity contribution in [1.29, 1.82) is 0 Å². The fraction of sp³-hybridized carbons (Fsp3) is 0.478. The molecule has 0 saturated heterocycles. The van der Waals surface area contributed by atoms with Crippen LogP contribution >= 0.6 is 0 Å². The summed E-state index contributed by atoms with van der Waals surface area (Å²) in [6, 6.07) is 12.3. The molecule has 0 atom stereocenters. The van der Waals surface area contributed by atoms with E-state index in [0.29, 0.717) is 24.3 Å². The van der Waals surface area contributed by atoms with Gasteiger partial charge in [0.25, 0.3) is 0 Å². The van der Waals surface area contributed by atoms with Gasteiger partial charge in [-0.05, 0) is 62.4 Å². The Labute approximate surface area is 177 Å². The molecule has 0 bridgehead atoms. The van der Waals surface area contributed by atoms with Crippen LogP contribution in [0.3, 0.4) is 0 Å². The van der Waals surface area contributed by atoms with Crippen molar-refractivity contribution in [3.05, 3.63) is 47.9 Å². The number of aliphatic hydroxyl groups is 1. The van der Waals surface area contributed by atoms with Crippen molar-refractivity contribution in [2.45, 2.75) is 44.9 Å². The zero-order chi connectivity index (χ0) is 20.9. The molecule has 0 aliphatic heterocycles. The first-order valence-corrected chi connectivity index (χ1v) is 10.7. The summed E-state index contributed by atoms with van der Waals surface area (Å²) in [7, 11) is 4.04. The number of para-hydroxylation sites is 1. The lowest BCUT2D eigenvalue weighted by Crippen LogP contribution is -2.31. The highest BCUT2D eigenvalue weighted by Crippen LogP contribution is 2.28. The number of aliphatic hydroxyl groups excluding tert-OH is 1. The average Bonchev–Trinajstić information content (AvgIpc) is 3.22. The molecule has 7 nitrogen and oxygen atoms in total. The van der Waals surface area contributed by atoms with Crippen molar-refractivity contribution in [1.82, 2.24) is 15.3 Å². The molecule has 1 aliphatic rings. The van der Waals surface area contributed by atoms with Crippen molar-refractivity contribution < 1.29 is 9.52 Å². The predicted molar refractivity (Wildman–Crippen MR) is 120 cm³/mol. The molecule has 3 N–H and O–H groups in total. The molecule has 160 valence electrons. The lowest BCUT2D eigenvalue weighted by molar-refractivity contribution is 0.242. The van der Waals surface area contributed by atoms with Crippen molar-refractivity contribution in [3.8, 4) is 0 Å². The molecule has 1 aliphatic carbocycles. The second kappa shape index (κ2) is 9.45. The van der Waals surface area contributed by atoms with Crippen LogP contribution in [0, 0.1) is 5.92 Å². The van der Waals surface area contributed by atoms with Gasteiger partial charge < -0.3 is 25.1 Å². The van der Waals surface area contributed by atoms with Crippen LogP contribution in [-0.4, -0.2) is 41.8 Å². The highest BCUT2D eigenvalue weighted by molar-refractivity contribution is 5.90. The summed E-state index contributed by atoms with van der Waals surface area (Å²) >= 11 is 0. The maximum atomic E-state index is 9.07. The quantitative estimate of drug-likeness (QED) is 0.524. The number of aromatic nitrogens is 2. The third-order valence-electron chi connectivity index (χ3n) is 5.79. The zero-order valence-corrected chi connectivity index (χ0v) is 17.8. The van der Waals surface area contributed by atoms with Crippen LogP contribution in [0.2, 0.25) is 0 Å². The Kier molecular flexibility index (Phi) is 6.50. The molecule has 0 spiro atoms. The number of anilines is 2. The van der Waals surface area contributed by atoms with E-state index in [9.17, 15) is 0 Å². The number of nitrogens with one attached hydrogen (secondary N) is 2. The van der Waals surface area contributed by atoms with E-state index in [1.54, 1.807) is 0 Å². The van der Waals surface area contributed by atoms with Gasteiger partial charge in [-0.15, -0.1) is 0 Å². The number of furan rings is 1. The van der Waals surface area contributed by atoms with E-state index in [4.69, 9.17) is 19.5 Å². The molecule has 1 aromatic carbocycles. The molecule has 4 rings (SSSR count). The maximum absolute atomic E-state index is 9.07. The van der Waals surface area contributed by atoms with Gasteiger partial charge in [-0.3, -0.25) is 0 Å². The first-order chi connectivity index (χ1) is 14.6. The van der Waals surface area contributed by atoms with Gasteiger partial charge in [-0.1, -0.05) is 12.1 Å². The van der Waals surface area contributed by atoms with Gasteiger partial charge in [0.15, 0.2) is 0 Å². The Balaban J connectivity index is 1.28. The standard InChI is InChI=1S/C23H31N5O2/c1-28(2)22-20-5-3-4-6-21(20)26-23(27-22)25-17-9-7-16(8-10-17)13-24-14-18-11-12-19(15-29)30-18/h3-6,11-12,16-17,24,29H,7-10,13-15H2,1-2H3,(H,25,26,27). The van der Waals surface area contributed by atoms with Gasteiger partial charge in [0.2, 0.25) is 5.95 Å². The summed E-state index contributed by atoms with van der Waals surface area (Å²) in [6.45, 7) is 1.64. The molecular weight excluding hydrogens is 378 g/mol. The SMILES string of the molecule is CN(C)c1nc(NC2CCC(CNCc3ccc(CO)o3)CC2)nc2ccccc12. The van der Waals surface area contributed by atoms with Crippen LogP contribution in [0.5, 0.6) is 0 Å². The van der Waals surface area contributed by atoms with Crippen LogP contribution in [-0.2, 0) is 13.2 Å². The molecule has 1 fully saturated rings. The second-order valence-corrected chi connectivity index (χ2v) is 8.30. The van der Waals surface area contributed by atoms with E-state index in [-0.39, 0.29) is 6.61 Å². The van der Waals surface area contributed by atoms with Gasteiger partial charge in [0, 0.05) is 25.5 Å². The second-order valence-electron chi connectivity index (χ2n) is 8.30. The Hall–Kier alpha value is -2.64. The first-order valence-electron chi connectivity index (χ1n) is 10.7. The molecule has 30 heavy (non-hydrogen) atoms. The number of rotatable bonds is 8. The summed E-state index contributed by atoms with van der Waals surface area (Å²) in [5, 5.41) is 17.2. The Morgan fingerprint density at radius 1 is 1.03 bits per heavy atom. The Morgan fingerprint density at radius 3 is 2.53 bits per heavy atom. The minimum atomic E-state index is -0.0476. The minimum absolute atomic E-state index is 0.0476. The van der Waals surface area contributed by atoms with E-state index >= 15 is 0 Å². The third-order valence-corrected chi connectivity index (χ3v) is 5.79. The van der Waals surface area contributed by atoms with Gasteiger partial charge in [0.1, 0.15) is 23.9 Å². The number of fused-ring (bicyclic) bond motifs is 1. The fourth-order valence-electron chi connectivity index (χ4n) is 4.16. The maximum Gasteiger partial charge on any atom is 0.225 e. The topological polar surface area (TPSA) is 86.5 Å².